The lowest BCUT2D eigenvalue weighted by Crippen LogP contribution is -2.89. The van der Waals surface area contributed by atoms with Crippen molar-refractivity contribution < 1.29 is 98.0 Å². The van der Waals surface area contributed by atoms with Gasteiger partial charge in [-0.2, -0.15) is 79.0 Å². The first-order valence-corrected chi connectivity index (χ1v) is 16.3. The van der Waals surface area contributed by atoms with E-state index in [0.717, 1.165) is 29.8 Å². The van der Waals surface area contributed by atoms with Gasteiger partial charge in [-0.25, -0.2) is 0 Å². The molecule has 4 unspecified atom stereocenters. The van der Waals surface area contributed by atoms with E-state index >= 15 is 8.78 Å². The summed E-state index contributed by atoms with van der Waals surface area (Å²) in [6.45, 7) is 1.77. The highest BCUT2D eigenvalue weighted by molar-refractivity contribution is 5.64. The maximum atomic E-state index is 15.8. The Labute approximate surface area is 319 Å². The Morgan fingerprint density at radius 3 is 0.915 bits per heavy atom. The van der Waals surface area contributed by atoms with Gasteiger partial charge < -0.3 is 18.9 Å². The maximum absolute atomic E-state index is 15.8. The number of halogens is 18. The number of aryl methyl sites for hydroxylation is 1. The SMILES string of the molecule is COC1(F)C(F)(F)C(F)(F)C1(F)Oc1ccc(C(c2ccc(OC3(F)C(F)(F)C(F)(F)C3(F)Oc3ccc(-c4ccc(C)cc4)cc3)cc2)(C(F)(F)F)C(F)(F)F)cc1. The smallest absolute Gasteiger partial charge is 0.411 e. The zero-order valence-electron chi connectivity index (χ0n) is 29.2. The summed E-state index contributed by atoms with van der Waals surface area (Å²) < 4.78 is 279. The molecule has 2 fully saturated rings. The van der Waals surface area contributed by atoms with Gasteiger partial charge in [-0.3, -0.25) is 0 Å². The second-order valence-corrected chi connectivity index (χ2v) is 13.4. The molecule has 0 heterocycles. The molecule has 6 rings (SSSR count). The molecule has 59 heavy (non-hydrogen) atoms. The molecule has 2 aliphatic rings. The summed E-state index contributed by atoms with van der Waals surface area (Å²) in [5.41, 5.74) is -7.24. The van der Waals surface area contributed by atoms with Crippen molar-refractivity contribution in [2.75, 3.05) is 7.11 Å². The predicted molar refractivity (Wildman–Crippen MR) is 166 cm³/mol. The van der Waals surface area contributed by atoms with Crippen molar-refractivity contribution in [2.45, 2.75) is 71.8 Å². The largest absolute Gasteiger partial charge is 0.448 e. The Morgan fingerprint density at radius 1 is 0.373 bits per heavy atom. The van der Waals surface area contributed by atoms with Crippen molar-refractivity contribution in [1.29, 1.82) is 0 Å². The number of hydrogen-bond acceptors (Lipinski definition) is 4. The van der Waals surface area contributed by atoms with Crippen LogP contribution in [0.25, 0.3) is 11.1 Å². The molecule has 4 aromatic carbocycles. The molecule has 0 radical (unpaired) electrons. The van der Waals surface area contributed by atoms with Crippen molar-refractivity contribution >= 4 is 0 Å². The zero-order valence-corrected chi connectivity index (χ0v) is 29.2. The van der Waals surface area contributed by atoms with Gasteiger partial charge in [-0.05, 0) is 65.6 Å². The molecule has 4 aromatic rings. The fourth-order valence-electron chi connectivity index (χ4n) is 6.62. The first-order valence-electron chi connectivity index (χ1n) is 16.3. The van der Waals surface area contributed by atoms with Gasteiger partial charge >= 0.3 is 59.5 Å². The highest BCUT2D eigenvalue weighted by atomic mass is 19.4. The topological polar surface area (TPSA) is 36.9 Å². The predicted octanol–water partition coefficient (Wildman–Crippen LogP) is 11.8. The summed E-state index contributed by atoms with van der Waals surface area (Å²) >= 11 is 0. The highest BCUT2D eigenvalue weighted by Gasteiger charge is 3.04. The van der Waals surface area contributed by atoms with Crippen LogP contribution in [0.3, 0.4) is 0 Å². The van der Waals surface area contributed by atoms with Crippen LogP contribution in [0.5, 0.6) is 17.2 Å². The normalized spacial score (nSPS) is 28.2. The summed E-state index contributed by atoms with van der Waals surface area (Å²) in [6, 6.07) is 9.68. The van der Waals surface area contributed by atoms with Crippen LogP contribution in [0.2, 0.25) is 0 Å². The molecule has 4 nitrogen and oxygen atoms in total. The van der Waals surface area contributed by atoms with Gasteiger partial charge in [0, 0.05) is 7.11 Å². The molecule has 2 saturated carbocycles. The van der Waals surface area contributed by atoms with E-state index in [1.54, 1.807) is 31.2 Å². The fourth-order valence-corrected chi connectivity index (χ4v) is 6.62. The van der Waals surface area contributed by atoms with E-state index in [9.17, 15) is 70.2 Å². The Balaban J connectivity index is 1.32. The third-order valence-corrected chi connectivity index (χ3v) is 9.95. The van der Waals surface area contributed by atoms with Crippen LogP contribution in [0.4, 0.5) is 79.0 Å². The summed E-state index contributed by atoms with van der Waals surface area (Å²) in [4.78, 5) is 0. The lowest BCUT2D eigenvalue weighted by Gasteiger charge is -2.55. The second-order valence-electron chi connectivity index (χ2n) is 13.4. The van der Waals surface area contributed by atoms with Crippen LogP contribution in [0, 0.1) is 6.92 Å². The lowest BCUT2D eigenvalue weighted by atomic mass is 9.72. The minimum atomic E-state index is -6.48. The van der Waals surface area contributed by atoms with E-state index in [4.69, 9.17) is 0 Å². The summed E-state index contributed by atoms with van der Waals surface area (Å²) in [6.07, 6.45) is -13.0. The van der Waals surface area contributed by atoms with E-state index < -0.39 is 93.3 Å². The van der Waals surface area contributed by atoms with Crippen LogP contribution in [-0.4, -0.2) is 66.6 Å². The summed E-state index contributed by atoms with van der Waals surface area (Å²) in [5.74, 6) is -49.4. The number of rotatable bonds is 10. The monoisotopic (exact) mass is 872 g/mol. The van der Waals surface area contributed by atoms with Gasteiger partial charge in [0.05, 0.1) is 0 Å². The zero-order chi connectivity index (χ0) is 44.3. The standard InChI is InChI=1S/C37H22F18O4/c1-19-3-5-20(6-4-19)21-7-13-24(14-8-21)58-34(48)30(42,43)31(44,45)35(34,49)59-26-17-11-23(12-18-26)27(36(50,51)52,37(53,54)55)22-9-15-25(16-10-22)57-33(47)29(40,41)28(38,39)32(33,46)56-2/h3-18H,1-2H3. The van der Waals surface area contributed by atoms with E-state index in [1.165, 1.54) is 0 Å². The van der Waals surface area contributed by atoms with Crippen LogP contribution in [-0.2, 0) is 10.2 Å². The fraction of sp³-hybridized carbons (Fsp3) is 0.351. The van der Waals surface area contributed by atoms with Gasteiger partial charge in [0.25, 0.3) is 0 Å². The van der Waals surface area contributed by atoms with Crippen LogP contribution in [0.1, 0.15) is 16.7 Å². The van der Waals surface area contributed by atoms with Gasteiger partial charge in [0.15, 0.2) is 0 Å². The van der Waals surface area contributed by atoms with Crippen molar-refractivity contribution in [2.24, 2.45) is 0 Å². The van der Waals surface area contributed by atoms with Crippen LogP contribution >= 0.6 is 0 Å². The molecule has 0 spiro atoms. The van der Waals surface area contributed by atoms with Crippen LogP contribution in [0.15, 0.2) is 97.1 Å². The second kappa shape index (κ2) is 13.0. The molecule has 320 valence electrons. The summed E-state index contributed by atoms with van der Waals surface area (Å²) in [5, 5.41) is 0. The van der Waals surface area contributed by atoms with Gasteiger partial charge in [0.1, 0.15) is 17.2 Å². The van der Waals surface area contributed by atoms with E-state index in [1.807, 2.05) is 0 Å². The maximum Gasteiger partial charge on any atom is 0.411 e. The number of methoxy groups -OCH3 is 1. The van der Waals surface area contributed by atoms with Crippen LogP contribution < -0.4 is 14.2 Å². The molecular weight excluding hydrogens is 850 g/mol. The average molecular weight is 873 g/mol. The molecule has 0 aliphatic heterocycles. The Kier molecular flexibility index (Phi) is 9.59. The lowest BCUT2D eigenvalue weighted by molar-refractivity contribution is -0.538. The van der Waals surface area contributed by atoms with E-state index in [2.05, 4.69) is 18.9 Å². The number of benzene rings is 4. The first kappa shape index (κ1) is 43.6. The quantitative estimate of drug-likeness (QED) is 0.149. The van der Waals surface area contributed by atoms with E-state index in [0.29, 0.717) is 11.1 Å². The molecule has 0 bridgehead atoms. The number of alkyl halides is 18. The van der Waals surface area contributed by atoms with Crippen molar-refractivity contribution in [3.8, 4) is 28.4 Å². The van der Waals surface area contributed by atoms with Crippen molar-refractivity contribution in [3.05, 3.63) is 114 Å². The highest BCUT2D eigenvalue weighted by Crippen LogP contribution is 2.70. The Hall–Kier alpha value is -5.02. The van der Waals surface area contributed by atoms with Gasteiger partial charge in [-0.1, -0.05) is 66.2 Å². The van der Waals surface area contributed by atoms with Crippen molar-refractivity contribution in [1.82, 2.24) is 0 Å². The molecule has 2 aliphatic carbocycles. The number of ether oxygens (including phenoxy) is 4. The van der Waals surface area contributed by atoms with Crippen molar-refractivity contribution in [3.63, 3.8) is 0 Å². The Morgan fingerprint density at radius 2 is 0.627 bits per heavy atom. The van der Waals surface area contributed by atoms with E-state index in [-0.39, 0.29) is 55.6 Å². The molecular formula is C37H22F18O4. The van der Waals surface area contributed by atoms with Gasteiger partial charge in [0.2, 0.25) is 5.41 Å². The average Bonchev–Trinajstić information content (AvgIpc) is 3.14. The number of hydrogen-bond donors (Lipinski definition) is 0. The molecule has 0 aromatic heterocycles. The molecule has 0 N–H and O–H groups in total. The molecule has 22 heteroatoms. The molecule has 0 saturated heterocycles. The third-order valence-electron chi connectivity index (χ3n) is 9.95. The third kappa shape index (κ3) is 5.45. The van der Waals surface area contributed by atoms with Gasteiger partial charge in [-0.15, -0.1) is 0 Å². The summed E-state index contributed by atoms with van der Waals surface area (Å²) in [7, 11) is 0.0238. The molecule has 4 atom stereocenters. The molecule has 0 amide bonds. The minimum Gasteiger partial charge on any atom is -0.448 e. The first-order chi connectivity index (χ1) is 26.9. The Bertz CT molecular complexity index is 2180. The minimum absolute atomic E-state index is 0.0238.